The van der Waals surface area contributed by atoms with Crippen LogP contribution < -0.4 is 15.4 Å². The standard InChI is InChI=1S/C17H18N4O2/c1-3-18-17(22)21-16-19-14-9-6-12(10-15(14)20-16)11-4-7-13(23-2)8-5-11/h4-10H,3H2,1-2H3,(H3,18,19,20,21,22). The number of methoxy groups -OCH3 is 1. The van der Waals surface area contributed by atoms with Gasteiger partial charge in [-0.25, -0.2) is 9.78 Å². The number of amides is 2. The molecule has 0 atom stereocenters. The minimum absolute atomic E-state index is 0.276. The maximum atomic E-state index is 11.5. The Kier molecular flexibility index (Phi) is 4.14. The third kappa shape index (κ3) is 3.26. The van der Waals surface area contributed by atoms with Crippen LogP contribution in [0.1, 0.15) is 6.92 Å². The second-order valence-corrected chi connectivity index (χ2v) is 5.03. The summed E-state index contributed by atoms with van der Waals surface area (Å²) in [6.07, 6.45) is 0. The van der Waals surface area contributed by atoms with Crippen molar-refractivity contribution in [2.24, 2.45) is 0 Å². The minimum atomic E-state index is -0.276. The molecule has 0 radical (unpaired) electrons. The molecule has 1 heterocycles. The van der Waals surface area contributed by atoms with E-state index in [0.717, 1.165) is 27.9 Å². The van der Waals surface area contributed by atoms with Crippen molar-refractivity contribution in [3.05, 3.63) is 42.5 Å². The molecule has 3 aromatic rings. The van der Waals surface area contributed by atoms with Crippen LogP contribution in [-0.4, -0.2) is 29.7 Å². The van der Waals surface area contributed by atoms with E-state index in [4.69, 9.17) is 4.74 Å². The van der Waals surface area contributed by atoms with Crippen LogP contribution in [0.3, 0.4) is 0 Å². The van der Waals surface area contributed by atoms with E-state index in [-0.39, 0.29) is 6.03 Å². The number of carbonyl (C=O) groups excluding carboxylic acids is 1. The number of benzene rings is 2. The Morgan fingerprint density at radius 1 is 1.17 bits per heavy atom. The van der Waals surface area contributed by atoms with Crippen LogP contribution in [0, 0.1) is 0 Å². The molecule has 0 unspecified atom stereocenters. The number of aromatic amines is 1. The van der Waals surface area contributed by atoms with Crippen molar-refractivity contribution in [3.8, 4) is 16.9 Å². The van der Waals surface area contributed by atoms with Gasteiger partial charge in [0.1, 0.15) is 5.75 Å². The number of H-pyrrole nitrogens is 1. The first-order valence-corrected chi connectivity index (χ1v) is 7.38. The van der Waals surface area contributed by atoms with Crippen LogP contribution in [0.4, 0.5) is 10.7 Å². The quantitative estimate of drug-likeness (QED) is 0.691. The van der Waals surface area contributed by atoms with Gasteiger partial charge < -0.3 is 15.0 Å². The molecule has 118 valence electrons. The van der Waals surface area contributed by atoms with E-state index in [1.54, 1.807) is 7.11 Å². The van der Waals surface area contributed by atoms with E-state index < -0.39 is 0 Å². The summed E-state index contributed by atoms with van der Waals surface area (Å²) in [7, 11) is 1.65. The van der Waals surface area contributed by atoms with E-state index in [2.05, 4.69) is 20.6 Å². The fourth-order valence-electron chi connectivity index (χ4n) is 2.34. The zero-order chi connectivity index (χ0) is 16.2. The maximum Gasteiger partial charge on any atom is 0.321 e. The van der Waals surface area contributed by atoms with Crippen LogP contribution in [-0.2, 0) is 0 Å². The topological polar surface area (TPSA) is 79.0 Å². The molecule has 23 heavy (non-hydrogen) atoms. The lowest BCUT2D eigenvalue weighted by atomic mass is 10.1. The second-order valence-electron chi connectivity index (χ2n) is 5.03. The highest BCUT2D eigenvalue weighted by Crippen LogP contribution is 2.26. The van der Waals surface area contributed by atoms with Crippen molar-refractivity contribution in [3.63, 3.8) is 0 Å². The normalized spacial score (nSPS) is 10.5. The molecule has 0 aliphatic heterocycles. The molecule has 3 N–H and O–H groups in total. The molecule has 2 amide bonds. The number of carbonyl (C=O) groups is 1. The van der Waals surface area contributed by atoms with E-state index in [1.165, 1.54) is 0 Å². The van der Waals surface area contributed by atoms with Crippen molar-refractivity contribution in [2.45, 2.75) is 6.92 Å². The predicted octanol–water partition coefficient (Wildman–Crippen LogP) is 3.38. The number of ether oxygens (including phenoxy) is 1. The molecular weight excluding hydrogens is 292 g/mol. The van der Waals surface area contributed by atoms with E-state index in [1.807, 2.05) is 49.4 Å². The molecule has 2 aromatic carbocycles. The summed E-state index contributed by atoms with van der Waals surface area (Å²) in [5.74, 6) is 1.25. The summed E-state index contributed by atoms with van der Waals surface area (Å²) in [5, 5.41) is 5.34. The number of fused-ring (bicyclic) bond motifs is 1. The highest BCUT2D eigenvalue weighted by molar-refractivity contribution is 5.90. The van der Waals surface area contributed by atoms with Gasteiger partial charge in [-0.2, -0.15) is 0 Å². The Balaban J connectivity index is 1.87. The summed E-state index contributed by atoms with van der Waals surface area (Å²) in [5.41, 5.74) is 3.81. The van der Waals surface area contributed by atoms with Gasteiger partial charge >= 0.3 is 6.03 Å². The van der Waals surface area contributed by atoms with Gasteiger partial charge in [-0.15, -0.1) is 0 Å². The molecule has 6 nitrogen and oxygen atoms in total. The summed E-state index contributed by atoms with van der Waals surface area (Å²) >= 11 is 0. The average Bonchev–Trinajstić information content (AvgIpc) is 2.96. The van der Waals surface area contributed by atoms with Crippen molar-refractivity contribution in [1.29, 1.82) is 0 Å². The van der Waals surface area contributed by atoms with Crippen molar-refractivity contribution < 1.29 is 9.53 Å². The Morgan fingerprint density at radius 2 is 1.91 bits per heavy atom. The lowest BCUT2D eigenvalue weighted by Gasteiger charge is -2.03. The number of hydrogen-bond acceptors (Lipinski definition) is 3. The number of anilines is 1. The van der Waals surface area contributed by atoms with E-state index >= 15 is 0 Å². The number of nitrogens with zero attached hydrogens (tertiary/aromatic N) is 1. The molecule has 0 saturated heterocycles. The first-order valence-electron chi connectivity index (χ1n) is 7.38. The first-order chi connectivity index (χ1) is 11.2. The third-order valence-electron chi connectivity index (χ3n) is 3.47. The van der Waals surface area contributed by atoms with Gasteiger partial charge in [-0.3, -0.25) is 5.32 Å². The van der Waals surface area contributed by atoms with Gasteiger partial charge in [0, 0.05) is 6.54 Å². The van der Waals surface area contributed by atoms with Crippen LogP contribution in [0.5, 0.6) is 5.75 Å². The predicted molar refractivity (Wildman–Crippen MR) is 90.8 cm³/mol. The van der Waals surface area contributed by atoms with Gasteiger partial charge in [-0.1, -0.05) is 18.2 Å². The monoisotopic (exact) mass is 310 g/mol. The zero-order valence-electron chi connectivity index (χ0n) is 13.0. The molecule has 0 aliphatic rings. The number of rotatable bonds is 4. The van der Waals surface area contributed by atoms with Crippen LogP contribution in [0.2, 0.25) is 0 Å². The third-order valence-corrected chi connectivity index (χ3v) is 3.47. The Hall–Kier alpha value is -3.02. The lowest BCUT2D eigenvalue weighted by Crippen LogP contribution is -2.28. The molecule has 0 spiro atoms. The number of hydrogen-bond donors (Lipinski definition) is 3. The molecule has 0 bridgehead atoms. The van der Waals surface area contributed by atoms with Crippen molar-refractivity contribution in [1.82, 2.24) is 15.3 Å². The number of imidazole rings is 1. The molecule has 1 aromatic heterocycles. The lowest BCUT2D eigenvalue weighted by molar-refractivity contribution is 0.252. The van der Waals surface area contributed by atoms with Gasteiger partial charge in [0.2, 0.25) is 5.95 Å². The SMILES string of the molecule is CCNC(=O)Nc1nc2ccc(-c3ccc(OC)cc3)cc2[nH]1. The highest BCUT2D eigenvalue weighted by atomic mass is 16.5. The zero-order valence-corrected chi connectivity index (χ0v) is 13.0. The average molecular weight is 310 g/mol. The van der Waals surface area contributed by atoms with Crippen molar-refractivity contribution in [2.75, 3.05) is 19.0 Å². The Morgan fingerprint density at radius 3 is 2.61 bits per heavy atom. The highest BCUT2D eigenvalue weighted by Gasteiger charge is 2.07. The van der Waals surface area contributed by atoms with Crippen LogP contribution in [0.15, 0.2) is 42.5 Å². The molecular formula is C17H18N4O2. The molecule has 6 heteroatoms. The summed E-state index contributed by atoms with van der Waals surface area (Å²) in [6.45, 7) is 2.42. The van der Waals surface area contributed by atoms with E-state index in [9.17, 15) is 4.79 Å². The first kappa shape index (κ1) is 14.9. The molecule has 0 fully saturated rings. The number of aromatic nitrogens is 2. The molecule has 3 rings (SSSR count). The molecule has 0 aliphatic carbocycles. The summed E-state index contributed by atoms with van der Waals surface area (Å²) < 4.78 is 5.17. The summed E-state index contributed by atoms with van der Waals surface area (Å²) in [4.78, 5) is 19.0. The Bertz CT molecular complexity index is 824. The van der Waals surface area contributed by atoms with Crippen molar-refractivity contribution >= 4 is 23.0 Å². The maximum absolute atomic E-state index is 11.5. The van der Waals surface area contributed by atoms with E-state index in [0.29, 0.717) is 12.5 Å². The minimum Gasteiger partial charge on any atom is -0.497 e. The second kappa shape index (κ2) is 6.39. The van der Waals surface area contributed by atoms with Crippen LogP contribution in [0.25, 0.3) is 22.2 Å². The fraction of sp³-hybridized carbons (Fsp3) is 0.176. The van der Waals surface area contributed by atoms with Gasteiger partial charge in [0.15, 0.2) is 0 Å². The van der Waals surface area contributed by atoms with Gasteiger partial charge in [-0.05, 0) is 42.3 Å². The molecule has 0 saturated carbocycles. The Labute approximate surface area is 133 Å². The smallest absolute Gasteiger partial charge is 0.321 e. The van der Waals surface area contributed by atoms with Gasteiger partial charge in [0.25, 0.3) is 0 Å². The fourth-order valence-corrected chi connectivity index (χ4v) is 2.34. The summed E-state index contributed by atoms with van der Waals surface area (Å²) in [6, 6.07) is 13.5. The van der Waals surface area contributed by atoms with Crippen LogP contribution >= 0.6 is 0 Å². The number of nitrogens with one attached hydrogen (secondary N) is 3. The van der Waals surface area contributed by atoms with Gasteiger partial charge in [0.05, 0.1) is 18.1 Å². The largest absolute Gasteiger partial charge is 0.497 e. The number of urea groups is 1.